The molecule has 0 radical (unpaired) electrons. The molecule has 0 saturated carbocycles. The molecule has 142 valence electrons. The summed E-state index contributed by atoms with van der Waals surface area (Å²) in [6.07, 6.45) is 1.01. The van der Waals surface area contributed by atoms with Crippen LogP contribution in [0.3, 0.4) is 0 Å². The summed E-state index contributed by atoms with van der Waals surface area (Å²) >= 11 is 5.85. The van der Waals surface area contributed by atoms with Crippen LogP contribution >= 0.6 is 11.6 Å². The van der Waals surface area contributed by atoms with E-state index in [-0.39, 0.29) is 16.4 Å². The Morgan fingerprint density at radius 2 is 1.56 bits per heavy atom. The van der Waals surface area contributed by atoms with Gasteiger partial charge in [0, 0.05) is 16.8 Å². The number of aromatic nitrogens is 2. The summed E-state index contributed by atoms with van der Waals surface area (Å²) < 4.78 is 52.0. The Bertz CT molecular complexity index is 1160. The van der Waals surface area contributed by atoms with Crippen LogP contribution in [-0.2, 0) is 20.0 Å². The van der Waals surface area contributed by atoms with Crippen LogP contribution in [-0.4, -0.2) is 33.3 Å². The molecule has 3 N–H and O–H groups in total. The predicted molar refractivity (Wildman–Crippen MR) is 105 cm³/mol. The normalized spacial score (nSPS) is 11.9. The third-order valence-electron chi connectivity index (χ3n) is 3.44. The van der Waals surface area contributed by atoms with Crippen LogP contribution in [0.25, 0.3) is 11.3 Å². The van der Waals surface area contributed by atoms with Crippen molar-refractivity contribution in [3.05, 3.63) is 59.6 Å². The van der Waals surface area contributed by atoms with E-state index in [0.717, 1.165) is 11.8 Å². The second-order valence-electron chi connectivity index (χ2n) is 5.68. The van der Waals surface area contributed by atoms with Crippen LogP contribution in [0.2, 0.25) is 5.02 Å². The highest BCUT2D eigenvalue weighted by Gasteiger charge is 2.16. The van der Waals surface area contributed by atoms with Crippen molar-refractivity contribution in [1.82, 2.24) is 10.2 Å². The molecule has 0 unspecified atom stereocenters. The van der Waals surface area contributed by atoms with Crippen molar-refractivity contribution >= 4 is 43.2 Å². The first-order valence-corrected chi connectivity index (χ1v) is 11.3. The van der Waals surface area contributed by atoms with Crippen LogP contribution in [0, 0.1) is 0 Å². The number of hydrogen-bond acceptors (Lipinski definition) is 5. The highest BCUT2D eigenvalue weighted by Crippen LogP contribution is 2.23. The molecule has 0 atom stereocenters. The highest BCUT2D eigenvalue weighted by atomic mass is 35.5. The van der Waals surface area contributed by atoms with Gasteiger partial charge in [-0.2, -0.15) is 5.10 Å². The van der Waals surface area contributed by atoms with E-state index in [1.165, 1.54) is 24.3 Å². The van der Waals surface area contributed by atoms with Crippen molar-refractivity contribution < 1.29 is 16.8 Å². The Labute approximate surface area is 161 Å². The quantitative estimate of drug-likeness (QED) is 0.559. The maximum atomic E-state index is 12.5. The Balaban J connectivity index is 1.77. The zero-order valence-electron chi connectivity index (χ0n) is 14.0. The van der Waals surface area contributed by atoms with E-state index in [1.54, 1.807) is 30.3 Å². The molecular weight excluding hydrogens is 412 g/mol. The standard InChI is InChI=1S/C16H15ClN4O4S2/c1-26(22,23)20-13-6-8-14(9-7-13)27(24,25)21-16-10-15(18-19-16)11-2-4-12(17)5-3-11/h2-10,20H,1H3,(H2,18,19,21). The third kappa shape index (κ3) is 5.00. The van der Waals surface area contributed by atoms with Crippen molar-refractivity contribution in [2.75, 3.05) is 15.7 Å². The fourth-order valence-electron chi connectivity index (χ4n) is 2.26. The van der Waals surface area contributed by atoms with E-state index in [1.807, 2.05) is 0 Å². The fraction of sp³-hybridized carbons (Fsp3) is 0.0625. The van der Waals surface area contributed by atoms with Crippen LogP contribution in [0.5, 0.6) is 0 Å². The molecule has 0 aliphatic carbocycles. The van der Waals surface area contributed by atoms with Gasteiger partial charge in [-0.25, -0.2) is 16.8 Å². The lowest BCUT2D eigenvalue weighted by Crippen LogP contribution is -2.14. The second-order valence-corrected chi connectivity index (χ2v) is 9.55. The summed E-state index contributed by atoms with van der Waals surface area (Å²) in [5.74, 6) is 0.123. The molecule has 1 heterocycles. The topological polar surface area (TPSA) is 121 Å². The summed E-state index contributed by atoms with van der Waals surface area (Å²) in [4.78, 5) is -0.0300. The number of rotatable bonds is 6. The number of aromatic amines is 1. The van der Waals surface area contributed by atoms with Crippen molar-refractivity contribution in [1.29, 1.82) is 0 Å². The molecule has 1 aromatic heterocycles. The molecule has 3 rings (SSSR count). The Morgan fingerprint density at radius 3 is 2.15 bits per heavy atom. The monoisotopic (exact) mass is 426 g/mol. The Kier molecular flexibility index (Phi) is 5.13. The number of nitrogens with zero attached hydrogens (tertiary/aromatic N) is 1. The fourth-order valence-corrected chi connectivity index (χ4v) is 3.95. The zero-order chi connectivity index (χ0) is 19.7. The average molecular weight is 427 g/mol. The number of benzene rings is 2. The number of anilines is 2. The van der Waals surface area contributed by atoms with Gasteiger partial charge in [-0.05, 0) is 42.0 Å². The number of halogens is 1. The number of hydrogen-bond donors (Lipinski definition) is 3. The maximum absolute atomic E-state index is 12.5. The zero-order valence-corrected chi connectivity index (χ0v) is 16.4. The van der Waals surface area contributed by atoms with Gasteiger partial charge in [-0.15, -0.1) is 0 Å². The van der Waals surface area contributed by atoms with Gasteiger partial charge >= 0.3 is 0 Å². The number of sulfonamides is 2. The van der Waals surface area contributed by atoms with Crippen molar-refractivity contribution in [2.45, 2.75) is 4.90 Å². The minimum Gasteiger partial charge on any atom is -0.284 e. The lowest BCUT2D eigenvalue weighted by atomic mass is 10.1. The van der Waals surface area contributed by atoms with Gasteiger partial charge in [-0.3, -0.25) is 14.5 Å². The molecule has 0 spiro atoms. The Hall–Kier alpha value is -2.56. The maximum Gasteiger partial charge on any atom is 0.263 e. The molecule has 0 fully saturated rings. The van der Waals surface area contributed by atoms with Gasteiger partial charge in [0.2, 0.25) is 10.0 Å². The van der Waals surface area contributed by atoms with E-state index in [4.69, 9.17) is 11.6 Å². The number of nitrogens with one attached hydrogen (secondary N) is 3. The highest BCUT2D eigenvalue weighted by molar-refractivity contribution is 7.92. The summed E-state index contributed by atoms with van der Waals surface area (Å²) in [5.41, 5.74) is 1.69. The molecular formula is C16H15ClN4O4S2. The summed E-state index contributed by atoms with van der Waals surface area (Å²) in [7, 11) is -7.32. The van der Waals surface area contributed by atoms with E-state index in [2.05, 4.69) is 19.6 Å². The van der Waals surface area contributed by atoms with Crippen molar-refractivity contribution in [3.8, 4) is 11.3 Å². The van der Waals surface area contributed by atoms with Crippen LogP contribution in [0.1, 0.15) is 0 Å². The molecule has 0 aliphatic heterocycles. The van der Waals surface area contributed by atoms with Crippen molar-refractivity contribution in [3.63, 3.8) is 0 Å². The molecule has 0 amide bonds. The first-order chi connectivity index (χ1) is 12.6. The molecule has 0 saturated heterocycles. The summed E-state index contributed by atoms with van der Waals surface area (Å²) in [5, 5.41) is 7.30. The SMILES string of the molecule is CS(=O)(=O)Nc1ccc(S(=O)(=O)Nc2cc(-c3ccc(Cl)cc3)[nH]n2)cc1. The van der Waals surface area contributed by atoms with E-state index in [9.17, 15) is 16.8 Å². The van der Waals surface area contributed by atoms with Gasteiger partial charge < -0.3 is 0 Å². The minimum absolute atomic E-state index is 0.0300. The van der Waals surface area contributed by atoms with E-state index in [0.29, 0.717) is 10.7 Å². The predicted octanol–water partition coefficient (Wildman–Crippen LogP) is 2.90. The first kappa shape index (κ1) is 19.2. The lowest BCUT2D eigenvalue weighted by molar-refractivity contribution is 0.600. The first-order valence-electron chi connectivity index (χ1n) is 7.54. The molecule has 3 aromatic rings. The Morgan fingerprint density at radius 1 is 0.926 bits per heavy atom. The molecule has 0 aliphatic rings. The van der Waals surface area contributed by atoms with Crippen molar-refractivity contribution in [2.24, 2.45) is 0 Å². The summed E-state index contributed by atoms with van der Waals surface area (Å²) in [6, 6.07) is 13.9. The largest absolute Gasteiger partial charge is 0.284 e. The smallest absolute Gasteiger partial charge is 0.263 e. The summed E-state index contributed by atoms with van der Waals surface area (Å²) in [6.45, 7) is 0. The molecule has 0 bridgehead atoms. The van der Waals surface area contributed by atoms with Gasteiger partial charge in [0.05, 0.1) is 16.8 Å². The molecule has 2 aromatic carbocycles. The molecule has 11 heteroatoms. The van der Waals surface area contributed by atoms with Gasteiger partial charge in [0.15, 0.2) is 5.82 Å². The van der Waals surface area contributed by atoms with E-state index < -0.39 is 20.0 Å². The van der Waals surface area contributed by atoms with Gasteiger partial charge in [0.25, 0.3) is 10.0 Å². The van der Waals surface area contributed by atoms with Gasteiger partial charge in [-0.1, -0.05) is 23.7 Å². The second kappa shape index (κ2) is 7.22. The number of H-pyrrole nitrogens is 1. The van der Waals surface area contributed by atoms with Crippen LogP contribution in [0.4, 0.5) is 11.5 Å². The molecule has 8 nitrogen and oxygen atoms in total. The average Bonchev–Trinajstić information content (AvgIpc) is 3.02. The lowest BCUT2D eigenvalue weighted by Gasteiger charge is -2.07. The minimum atomic E-state index is -3.88. The van der Waals surface area contributed by atoms with Crippen LogP contribution in [0.15, 0.2) is 59.5 Å². The third-order valence-corrected chi connectivity index (χ3v) is 5.67. The van der Waals surface area contributed by atoms with E-state index >= 15 is 0 Å². The van der Waals surface area contributed by atoms with Crippen LogP contribution < -0.4 is 9.44 Å². The molecule has 27 heavy (non-hydrogen) atoms. The van der Waals surface area contributed by atoms with Gasteiger partial charge in [0.1, 0.15) is 0 Å².